The van der Waals surface area contributed by atoms with Crippen LogP contribution in [-0.2, 0) is 0 Å². The molecule has 236 valence electrons. The Morgan fingerprint density at radius 2 is 1.11 bits per heavy atom. The van der Waals surface area contributed by atoms with Gasteiger partial charge in [0.25, 0.3) is 0 Å². The van der Waals surface area contributed by atoms with Crippen molar-refractivity contribution < 1.29 is 35.8 Å². The van der Waals surface area contributed by atoms with Crippen molar-refractivity contribution in [3.8, 4) is 11.5 Å². The predicted molar refractivity (Wildman–Crippen MR) is 159 cm³/mol. The Balaban J connectivity index is 1.24. The van der Waals surface area contributed by atoms with E-state index in [-0.39, 0.29) is 47.0 Å². The molecule has 0 heterocycles. The van der Waals surface area contributed by atoms with Crippen molar-refractivity contribution in [1.82, 2.24) is 0 Å². The molecule has 2 aliphatic rings. The van der Waals surface area contributed by atoms with Gasteiger partial charge in [-0.05, 0) is 117 Å². The molecule has 1 saturated carbocycles. The fourth-order valence-corrected chi connectivity index (χ4v) is 6.63. The molecule has 0 aromatic heterocycles. The van der Waals surface area contributed by atoms with Crippen LogP contribution in [-0.4, -0.2) is 13.2 Å². The van der Waals surface area contributed by atoms with Crippen LogP contribution >= 0.6 is 0 Å². The zero-order valence-electron chi connectivity index (χ0n) is 25.1. The Bertz CT molecular complexity index is 1510. The average molecular weight is 617 g/mol. The van der Waals surface area contributed by atoms with Crippen LogP contribution in [0.4, 0.5) is 26.3 Å². The standard InChI is InChI=1S/C36H38F6O2/c1-3-5-20-44-30-19-17-28(34(40)36(30)42)24-12-8-22(9-13-24)26-15-14-25(31(37)32(26)38)21-6-10-23(11-7-21)27-16-18-29(43-4-2)35(41)33(27)39/h10,14-19,21-22,24H,3-9,11-13,20H2,1-2H3. The van der Waals surface area contributed by atoms with Crippen LogP contribution in [0.15, 0.2) is 42.5 Å². The van der Waals surface area contributed by atoms with Gasteiger partial charge in [0.2, 0.25) is 11.6 Å². The van der Waals surface area contributed by atoms with E-state index in [9.17, 15) is 17.6 Å². The van der Waals surface area contributed by atoms with Gasteiger partial charge in [-0.25, -0.2) is 17.6 Å². The Hall–Kier alpha value is -3.42. The van der Waals surface area contributed by atoms with E-state index in [2.05, 4.69) is 0 Å². The maximum atomic E-state index is 15.4. The molecule has 5 rings (SSSR count). The summed E-state index contributed by atoms with van der Waals surface area (Å²) in [7, 11) is 0. The summed E-state index contributed by atoms with van der Waals surface area (Å²) in [6.45, 7) is 4.21. The van der Waals surface area contributed by atoms with Crippen LogP contribution < -0.4 is 9.47 Å². The van der Waals surface area contributed by atoms with Gasteiger partial charge in [-0.1, -0.05) is 37.6 Å². The molecule has 44 heavy (non-hydrogen) atoms. The Kier molecular flexibility index (Phi) is 10.3. The molecular formula is C36H38F6O2. The third kappa shape index (κ3) is 6.50. The van der Waals surface area contributed by atoms with Gasteiger partial charge >= 0.3 is 0 Å². The first-order chi connectivity index (χ1) is 21.2. The van der Waals surface area contributed by atoms with E-state index in [1.165, 1.54) is 18.2 Å². The van der Waals surface area contributed by atoms with Gasteiger partial charge in [0, 0.05) is 5.56 Å². The molecule has 3 aromatic carbocycles. The molecule has 0 amide bonds. The normalized spacial score (nSPS) is 20.4. The van der Waals surface area contributed by atoms with Crippen LogP contribution in [0.25, 0.3) is 5.57 Å². The summed E-state index contributed by atoms with van der Waals surface area (Å²) in [4.78, 5) is 0. The SMILES string of the molecule is CCCCOc1ccc(C2CCC(c3ccc(C4CC=C(c5ccc(OCC)c(F)c5F)CC4)c(F)c3F)CC2)c(F)c1F. The lowest BCUT2D eigenvalue weighted by molar-refractivity contribution is 0.286. The van der Waals surface area contributed by atoms with E-state index in [1.54, 1.807) is 31.2 Å². The van der Waals surface area contributed by atoms with Crippen LogP contribution in [0.2, 0.25) is 0 Å². The Morgan fingerprint density at radius 3 is 1.68 bits per heavy atom. The molecule has 2 nitrogen and oxygen atoms in total. The van der Waals surface area contributed by atoms with Gasteiger partial charge in [0.1, 0.15) is 0 Å². The van der Waals surface area contributed by atoms with Crippen LogP contribution in [0.3, 0.4) is 0 Å². The molecule has 8 heteroatoms. The highest BCUT2D eigenvalue weighted by Gasteiger charge is 2.31. The highest BCUT2D eigenvalue weighted by atomic mass is 19.2. The molecule has 0 spiro atoms. The summed E-state index contributed by atoms with van der Waals surface area (Å²) >= 11 is 0. The smallest absolute Gasteiger partial charge is 0.201 e. The molecule has 0 radical (unpaired) electrons. The summed E-state index contributed by atoms with van der Waals surface area (Å²) in [5, 5.41) is 0. The van der Waals surface area contributed by atoms with Gasteiger partial charge in [-0.3, -0.25) is 0 Å². The van der Waals surface area contributed by atoms with Gasteiger partial charge in [-0.15, -0.1) is 0 Å². The van der Waals surface area contributed by atoms with E-state index in [4.69, 9.17) is 9.47 Å². The van der Waals surface area contributed by atoms with Gasteiger partial charge in [0.15, 0.2) is 34.8 Å². The van der Waals surface area contributed by atoms with Crippen molar-refractivity contribution in [2.45, 2.75) is 89.4 Å². The first-order valence-corrected chi connectivity index (χ1v) is 15.6. The topological polar surface area (TPSA) is 18.5 Å². The molecule has 1 atom stereocenters. The summed E-state index contributed by atoms with van der Waals surface area (Å²) in [5.41, 5.74) is 1.65. The Labute approximate surface area is 255 Å². The maximum absolute atomic E-state index is 15.4. The largest absolute Gasteiger partial charge is 0.491 e. The minimum atomic E-state index is -1.03. The lowest BCUT2D eigenvalue weighted by Crippen LogP contribution is -2.16. The van der Waals surface area contributed by atoms with Gasteiger partial charge in [0.05, 0.1) is 13.2 Å². The summed E-state index contributed by atoms with van der Waals surface area (Å²) < 4.78 is 100.0. The number of benzene rings is 3. The fraction of sp³-hybridized carbons (Fsp3) is 0.444. The van der Waals surface area contributed by atoms with Crippen LogP contribution in [0.1, 0.15) is 112 Å². The summed E-state index contributed by atoms with van der Waals surface area (Å²) in [5.74, 6) is -6.60. The van der Waals surface area contributed by atoms with Crippen molar-refractivity contribution in [2.24, 2.45) is 0 Å². The van der Waals surface area contributed by atoms with Crippen molar-refractivity contribution in [1.29, 1.82) is 0 Å². The highest BCUT2D eigenvalue weighted by molar-refractivity contribution is 5.68. The van der Waals surface area contributed by atoms with Crippen LogP contribution in [0, 0.1) is 34.9 Å². The van der Waals surface area contributed by atoms with E-state index in [1.807, 2.05) is 6.92 Å². The number of hydrogen-bond acceptors (Lipinski definition) is 2. The van der Waals surface area contributed by atoms with Crippen LogP contribution in [0.5, 0.6) is 11.5 Å². The molecule has 0 saturated heterocycles. The monoisotopic (exact) mass is 616 g/mol. The quantitative estimate of drug-likeness (QED) is 0.167. The predicted octanol–water partition coefficient (Wildman–Crippen LogP) is 10.9. The molecule has 0 bridgehead atoms. The van der Waals surface area contributed by atoms with E-state index in [0.717, 1.165) is 12.8 Å². The number of rotatable bonds is 10. The molecule has 3 aromatic rings. The number of ether oxygens (including phenoxy) is 2. The zero-order chi connectivity index (χ0) is 31.4. The molecule has 0 N–H and O–H groups in total. The second-order valence-electron chi connectivity index (χ2n) is 11.8. The van der Waals surface area contributed by atoms with E-state index in [0.29, 0.717) is 68.3 Å². The molecule has 1 unspecified atom stereocenters. The second-order valence-corrected chi connectivity index (χ2v) is 11.8. The summed E-state index contributed by atoms with van der Waals surface area (Å²) in [6.07, 6.45) is 6.73. The number of hydrogen-bond donors (Lipinski definition) is 0. The zero-order valence-corrected chi connectivity index (χ0v) is 25.1. The number of unbranched alkanes of at least 4 members (excludes halogenated alkanes) is 1. The number of halogens is 6. The van der Waals surface area contributed by atoms with E-state index >= 15 is 8.78 Å². The van der Waals surface area contributed by atoms with Gasteiger partial charge < -0.3 is 9.47 Å². The third-order valence-corrected chi connectivity index (χ3v) is 9.12. The van der Waals surface area contributed by atoms with Gasteiger partial charge in [-0.2, -0.15) is 8.78 Å². The second kappa shape index (κ2) is 14.1. The molecule has 0 aliphatic heterocycles. The third-order valence-electron chi connectivity index (χ3n) is 9.12. The first-order valence-electron chi connectivity index (χ1n) is 15.6. The minimum absolute atomic E-state index is 0.0899. The minimum Gasteiger partial charge on any atom is -0.491 e. The molecular weight excluding hydrogens is 578 g/mol. The highest BCUT2D eigenvalue weighted by Crippen LogP contribution is 2.45. The first kappa shape index (κ1) is 32.0. The maximum Gasteiger partial charge on any atom is 0.201 e. The molecule has 1 fully saturated rings. The average Bonchev–Trinajstić information content (AvgIpc) is 3.03. The van der Waals surface area contributed by atoms with Crippen molar-refractivity contribution in [3.63, 3.8) is 0 Å². The lowest BCUT2D eigenvalue weighted by atomic mass is 9.75. The Morgan fingerprint density at radius 1 is 0.591 bits per heavy atom. The van der Waals surface area contributed by atoms with Crippen molar-refractivity contribution in [2.75, 3.05) is 13.2 Å². The van der Waals surface area contributed by atoms with Crippen molar-refractivity contribution in [3.05, 3.63) is 99.6 Å². The molecule has 2 aliphatic carbocycles. The fourth-order valence-electron chi connectivity index (χ4n) is 6.63. The number of allylic oxidation sites excluding steroid dienone is 2. The summed E-state index contributed by atoms with van der Waals surface area (Å²) in [6, 6.07) is 9.21. The van der Waals surface area contributed by atoms with E-state index < -0.39 is 34.9 Å². The van der Waals surface area contributed by atoms with Crippen molar-refractivity contribution >= 4 is 5.57 Å². The lowest BCUT2D eigenvalue weighted by Gasteiger charge is -2.30.